The highest BCUT2D eigenvalue weighted by atomic mass is 32.2. The number of ketones is 1. The summed E-state index contributed by atoms with van der Waals surface area (Å²) in [5.74, 6) is 6.08. The topological polar surface area (TPSA) is 103 Å². The Morgan fingerprint density at radius 2 is 2.09 bits per heavy atom. The molecule has 8 heteroatoms. The molecule has 7 nitrogen and oxygen atoms in total. The number of aryl methyl sites for hydroxylation is 1. The van der Waals surface area contributed by atoms with E-state index in [0.717, 1.165) is 0 Å². The van der Waals surface area contributed by atoms with E-state index < -0.39 is 5.25 Å². The maximum absolute atomic E-state index is 12.2. The monoisotopic (exact) mass is 319 g/mol. The van der Waals surface area contributed by atoms with Gasteiger partial charge in [-0.3, -0.25) is 9.59 Å². The van der Waals surface area contributed by atoms with Crippen LogP contribution >= 0.6 is 11.8 Å². The Balaban J connectivity index is 2.04. The first kappa shape index (κ1) is 16.0. The number of nitrogens with one attached hydrogen (secondary N) is 1. The molecule has 1 atom stereocenters. The minimum atomic E-state index is -0.410. The van der Waals surface area contributed by atoms with E-state index in [1.54, 1.807) is 38.1 Å². The maximum Gasteiger partial charge on any atom is 0.237 e. The minimum Gasteiger partial charge on any atom is -0.336 e. The molecule has 1 heterocycles. The first-order chi connectivity index (χ1) is 10.4. The van der Waals surface area contributed by atoms with E-state index in [0.29, 0.717) is 22.2 Å². The summed E-state index contributed by atoms with van der Waals surface area (Å²) in [6, 6.07) is 6.81. The van der Waals surface area contributed by atoms with Gasteiger partial charge in [0.1, 0.15) is 5.82 Å². The molecule has 116 valence electrons. The van der Waals surface area contributed by atoms with Gasteiger partial charge in [0.25, 0.3) is 0 Å². The van der Waals surface area contributed by atoms with E-state index in [4.69, 9.17) is 5.84 Å². The Hall–Kier alpha value is -2.35. The van der Waals surface area contributed by atoms with Gasteiger partial charge < -0.3 is 11.2 Å². The number of anilines is 1. The van der Waals surface area contributed by atoms with Gasteiger partial charge in [0.05, 0.1) is 5.25 Å². The third kappa shape index (κ3) is 3.64. The van der Waals surface area contributed by atoms with E-state index in [2.05, 4.69) is 15.5 Å². The largest absolute Gasteiger partial charge is 0.336 e. The molecular weight excluding hydrogens is 302 g/mol. The molecule has 2 aromatic rings. The molecule has 3 N–H and O–H groups in total. The fraction of sp³-hybridized carbons (Fsp3) is 0.286. The summed E-state index contributed by atoms with van der Waals surface area (Å²) in [4.78, 5) is 23.6. The first-order valence-electron chi connectivity index (χ1n) is 6.64. The highest BCUT2D eigenvalue weighted by Gasteiger charge is 2.18. The Morgan fingerprint density at radius 3 is 2.68 bits per heavy atom. The number of thioether (sulfide) groups is 1. The van der Waals surface area contributed by atoms with Crippen LogP contribution in [0.5, 0.6) is 0 Å². The van der Waals surface area contributed by atoms with Gasteiger partial charge in [-0.2, -0.15) is 0 Å². The lowest BCUT2D eigenvalue weighted by Crippen LogP contribution is -2.23. The van der Waals surface area contributed by atoms with Crippen LogP contribution < -0.4 is 11.2 Å². The number of amides is 1. The van der Waals surface area contributed by atoms with Gasteiger partial charge in [-0.15, -0.1) is 10.2 Å². The number of carbonyl (C=O) groups is 2. The number of carbonyl (C=O) groups excluding carboxylic acids is 2. The van der Waals surface area contributed by atoms with Crippen LogP contribution in [0.2, 0.25) is 0 Å². The summed E-state index contributed by atoms with van der Waals surface area (Å²) in [7, 11) is 0. The Morgan fingerprint density at radius 1 is 1.36 bits per heavy atom. The summed E-state index contributed by atoms with van der Waals surface area (Å²) in [6.45, 7) is 4.96. The molecule has 0 aliphatic rings. The molecule has 1 aromatic carbocycles. The molecule has 2 rings (SSSR count). The number of benzene rings is 1. The van der Waals surface area contributed by atoms with Crippen molar-refractivity contribution in [3.8, 4) is 0 Å². The van der Waals surface area contributed by atoms with Gasteiger partial charge in [-0.05, 0) is 32.9 Å². The lowest BCUT2D eigenvalue weighted by Gasteiger charge is -2.11. The van der Waals surface area contributed by atoms with Gasteiger partial charge in [0, 0.05) is 11.3 Å². The zero-order valence-electron chi connectivity index (χ0n) is 12.5. The molecule has 0 aliphatic heterocycles. The number of nitrogen functional groups attached to an aromatic ring is 1. The van der Waals surface area contributed by atoms with Crippen molar-refractivity contribution in [2.24, 2.45) is 0 Å². The van der Waals surface area contributed by atoms with Crippen molar-refractivity contribution in [3.63, 3.8) is 0 Å². The lowest BCUT2D eigenvalue weighted by atomic mass is 10.1. The van der Waals surface area contributed by atoms with Gasteiger partial charge in [0.15, 0.2) is 5.78 Å². The maximum atomic E-state index is 12.2. The van der Waals surface area contributed by atoms with E-state index >= 15 is 0 Å². The van der Waals surface area contributed by atoms with Crippen LogP contribution in [0.1, 0.15) is 30.0 Å². The number of nitrogens with two attached hydrogens (primary N) is 1. The van der Waals surface area contributed by atoms with E-state index in [9.17, 15) is 9.59 Å². The van der Waals surface area contributed by atoms with Crippen molar-refractivity contribution in [2.45, 2.75) is 31.2 Å². The van der Waals surface area contributed by atoms with Crippen LogP contribution in [0.25, 0.3) is 0 Å². The lowest BCUT2D eigenvalue weighted by molar-refractivity contribution is -0.115. The van der Waals surface area contributed by atoms with E-state index in [-0.39, 0.29) is 11.7 Å². The minimum absolute atomic E-state index is 0.0507. The van der Waals surface area contributed by atoms with Gasteiger partial charge in [-0.25, -0.2) is 4.68 Å². The highest BCUT2D eigenvalue weighted by molar-refractivity contribution is 8.00. The zero-order chi connectivity index (χ0) is 16.3. The van der Waals surface area contributed by atoms with Crippen molar-refractivity contribution in [1.29, 1.82) is 0 Å². The summed E-state index contributed by atoms with van der Waals surface area (Å²) in [5.41, 5.74) is 1.13. The van der Waals surface area contributed by atoms with Gasteiger partial charge in [-0.1, -0.05) is 23.9 Å². The number of hydrogen-bond donors (Lipinski definition) is 2. The number of rotatable bonds is 5. The van der Waals surface area contributed by atoms with Crippen molar-refractivity contribution in [1.82, 2.24) is 14.9 Å². The zero-order valence-corrected chi connectivity index (χ0v) is 13.3. The van der Waals surface area contributed by atoms with Crippen molar-refractivity contribution >= 4 is 29.1 Å². The van der Waals surface area contributed by atoms with Crippen LogP contribution in [0.3, 0.4) is 0 Å². The second kappa shape index (κ2) is 6.61. The fourth-order valence-corrected chi connectivity index (χ4v) is 2.52. The molecular formula is C14H17N5O2S. The molecule has 0 unspecified atom stereocenters. The Labute approximate surface area is 132 Å². The molecule has 22 heavy (non-hydrogen) atoms. The molecule has 1 amide bonds. The van der Waals surface area contributed by atoms with Crippen LogP contribution in [0.4, 0.5) is 5.69 Å². The fourth-order valence-electron chi connectivity index (χ4n) is 1.70. The van der Waals surface area contributed by atoms with Crippen LogP contribution in [-0.4, -0.2) is 31.8 Å². The van der Waals surface area contributed by atoms with Gasteiger partial charge >= 0.3 is 0 Å². The average molecular weight is 319 g/mol. The predicted molar refractivity (Wildman–Crippen MR) is 85.3 cm³/mol. The SMILES string of the molecule is CC(=O)c1cccc(NC(=O)[C@H](C)Sc2nnc(C)n2N)c1. The number of aromatic nitrogens is 3. The second-order valence-corrected chi connectivity index (χ2v) is 6.09. The van der Waals surface area contributed by atoms with E-state index in [1.165, 1.54) is 23.4 Å². The summed E-state index contributed by atoms with van der Waals surface area (Å²) < 4.78 is 1.34. The smallest absolute Gasteiger partial charge is 0.237 e. The third-order valence-corrected chi connectivity index (χ3v) is 4.08. The summed E-state index contributed by atoms with van der Waals surface area (Å²) in [5, 5.41) is 10.6. The molecule has 0 fully saturated rings. The average Bonchev–Trinajstić information content (AvgIpc) is 2.79. The Bertz CT molecular complexity index is 713. The highest BCUT2D eigenvalue weighted by Crippen LogP contribution is 2.22. The Kier molecular flexibility index (Phi) is 4.81. The number of Topliss-reactive ketones (excluding diaryl/α,β-unsaturated/α-hetero) is 1. The first-order valence-corrected chi connectivity index (χ1v) is 7.52. The van der Waals surface area contributed by atoms with Crippen LogP contribution in [0, 0.1) is 6.92 Å². The predicted octanol–water partition coefficient (Wildman–Crippen LogP) is 1.62. The van der Waals surface area contributed by atoms with Gasteiger partial charge in [0.2, 0.25) is 11.1 Å². The second-order valence-electron chi connectivity index (χ2n) is 4.79. The van der Waals surface area contributed by atoms with Crippen molar-refractivity contribution in [3.05, 3.63) is 35.7 Å². The molecule has 0 spiro atoms. The molecule has 0 radical (unpaired) electrons. The van der Waals surface area contributed by atoms with Crippen molar-refractivity contribution < 1.29 is 9.59 Å². The van der Waals surface area contributed by atoms with Crippen molar-refractivity contribution in [2.75, 3.05) is 11.2 Å². The third-order valence-electron chi connectivity index (χ3n) is 3.02. The standard InChI is InChI=1S/C14H17N5O2S/c1-8(20)11-5-4-6-12(7-11)16-13(21)9(2)22-14-18-17-10(3)19(14)15/h4-7,9H,15H2,1-3H3,(H,16,21)/t9-/m0/s1. The number of hydrogen-bond acceptors (Lipinski definition) is 6. The normalized spacial score (nSPS) is 12.0. The quantitative estimate of drug-likeness (QED) is 0.493. The number of nitrogens with zero attached hydrogens (tertiary/aromatic N) is 3. The summed E-state index contributed by atoms with van der Waals surface area (Å²) >= 11 is 1.21. The van der Waals surface area contributed by atoms with E-state index in [1.807, 2.05) is 0 Å². The van der Waals surface area contributed by atoms with Crippen LogP contribution in [0.15, 0.2) is 29.4 Å². The van der Waals surface area contributed by atoms with Crippen LogP contribution in [-0.2, 0) is 4.79 Å². The molecule has 0 aliphatic carbocycles. The summed E-state index contributed by atoms with van der Waals surface area (Å²) in [6.07, 6.45) is 0. The molecule has 0 saturated heterocycles. The molecule has 0 bridgehead atoms. The molecule has 0 saturated carbocycles. The molecule has 1 aromatic heterocycles.